The van der Waals surface area contributed by atoms with Crippen LogP contribution in [0, 0.1) is 23.7 Å². The first-order chi connectivity index (χ1) is 10.6. The molecule has 4 atom stereocenters. The SMILES string of the molecule is O=C(NNC(=O)[C@@H]1[C@@H](C(=O)[O-])[C@H]2C=C[C@H]1C2)c1ccccc1. The lowest BCUT2D eigenvalue weighted by Crippen LogP contribution is -2.50. The van der Waals surface area contributed by atoms with Gasteiger partial charge in [-0.2, -0.15) is 0 Å². The molecule has 2 amide bonds. The van der Waals surface area contributed by atoms with E-state index in [0.717, 1.165) is 0 Å². The van der Waals surface area contributed by atoms with Crippen LogP contribution < -0.4 is 16.0 Å². The molecule has 3 rings (SSSR count). The smallest absolute Gasteiger partial charge is 0.269 e. The van der Waals surface area contributed by atoms with Gasteiger partial charge in [-0.25, -0.2) is 0 Å². The summed E-state index contributed by atoms with van der Waals surface area (Å²) in [5, 5.41) is 11.3. The van der Waals surface area contributed by atoms with Crippen LogP contribution in [0.3, 0.4) is 0 Å². The van der Waals surface area contributed by atoms with Crippen molar-refractivity contribution < 1.29 is 19.5 Å². The van der Waals surface area contributed by atoms with E-state index in [-0.39, 0.29) is 11.8 Å². The lowest BCUT2D eigenvalue weighted by atomic mass is 9.82. The molecule has 0 radical (unpaired) electrons. The van der Waals surface area contributed by atoms with Crippen molar-refractivity contribution in [3.05, 3.63) is 48.0 Å². The van der Waals surface area contributed by atoms with E-state index in [0.29, 0.717) is 12.0 Å². The first kappa shape index (κ1) is 14.3. The Morgan fingerprint density at radius 2 is 1.59 bits per heavy atom. The molecule has 1 aromatic carbocycles. The average molecular weight is 299 g/mol. The topological polar surface area (TPSA) is 98.3 Å². The Hall–Kier alpha value is -2.63. The lowest BCUT2D eigenvalue weighted by molar-refractivity contribution is -0.313. The zero-order chi connectivity index (χ0) is 15.7. The maximum atomic E-state index is 12.2. The Morgan fingerprint density at radius 3 is 2.23 bits per heavy atom. The average Bonchev–Trinajstić information content (AvgIpc) is 3.14. The molecule has 0 unspecified atom stereocenters. The Labute approximate surface area is 127 Å². The number of amides is 2. The van der Waals surface area contributed by atoms with Gasteiger partial charge in [0.05, 0.1) is 5.92 Å². The van der Waals surface area contributed by atoms with E-state index in [9.17, 15) is 19.5 Å². The molecule has 2 N–H and O–H groups in total. The van der Waals surface area contributed by atoms with E-state index >= 15 is 0 Å². The Balaban J connectivity index is 1.64. The van der Waals surface area contributed by atoms with E-state index in [1.807, 2.05) is 12.2 Å². The van der Waals surface area contributed by atoms with E-state index in [1.54, 1.807) is 30.3 Å². The summed E-state index contributed by atoms with van der Waals surface area (Å²) in [7, 11) is 0. The zero-order valence-electron chi connectivity index (χ0n) is 11.7. The Morgan fingerprint density at radius 1 is 0.955 bits per heavy atom. The molecule has 0 saturated heterocycles. The number of nitrogens with one attached hydrogen (secondary N) is 2. The zero-order valence-corrected chi connectivity index (χ0v) is 11.7. The van der Waals surface area contributed by atoms with Crippen LogP contribution in [0.4, 0.5) is 0 Å². The van der Waals surface area contributed by atoms with Crippen molar-refractivity contribution >= 4 is 17.8 Å². The van der Waals surface area contributed by atoms with E-state index in [1.165, 1.54) is 0 Å². The molecule has 6 nitrogen and oxygen atoms in total. The van der Waals surface area contributed by atoms with Crippen LogP contribution in [0.2, 0.25) is 0 Å². The molecule has 1 saturated carbocycles. The van der Waals surface area contributed by atoms with E-state index in [4.69, 9.17) is 0 Å². The minimum Gasteiger partial charge on any atom is -0.550 e. The van der Waals surface area contributed by atoms with Gasteiger partial charge in [0.25, 0.3) is 5.91 Å². The Kier molecular flexibility index (Phi) is 3.66. The van der Waals surface area contributed by atoms with Gasteiger partial charge in [0.2, 0.25) is 5.91 Å². The number of aliphatic carboxylic acids is 1. The highest BCUT2D eigenvalue weighted by atomic mass is 16.4. The monoisotopic (exact) mass is 299 g/mol. The third kappa shape index (κ3) is 2.47. The summed E-state index contributed by atoms with van der Waals surface area (Å²) < 4.78 is 0. The molecular weight excluding hydrogens is 284 g/mol. The number of rotatable bonds is 3. The van der Waals surface area contributed by atoms with Gasteiger partial charge in [0, 0.05) is 17.5 Å². The van der Waals surface area contributed by atoms with Crippen LogP contribution in [-0.4, -0.2) is 17.8 Å². The van der Waals surface area contributed by atoms with Gasteiger partial charge < -0.3 is 9.90 Å². The number of fused-ring (bicyclic) bond motifs is 2. The molecule has 0 aromatic heterocycles. The fraction of sp³-hybridized carbons (Fsp3) is 0.312. The molecule has 6 heteroatoms. The van der Waals surface area contributed by atoms with E-state index in [2.05, 4.69) is 10.9 Å². The molecule has 22 heavy (non-hydrogen) atoms. The predicted molar refractivity (Wildman–Crippen MR) is 74.8 cm³/mol. The number of allylic oxidation sites excluding steroid dienone is 2. The van der Waals surface area contributed by atoms with Crippen molar-refractivity contribution in [2.45, 2.75) is 6.42 Å². The van der Waals surface area contributed by atoms with Crippen molar-refractivity contribution in [2.75, 3.05) is 0 Å². The molecule has 2 bridgehead atoms. The molecule has 1 aromatic rings. The fourth-order valence-electron chi connectivity index (χ4n) is 3.36. The number of carboxylic acids is 1. The highest BCUT2D eigenvalue weighted by Gasteiger charge is 2.48. The molecule has 0 aliphatic heterocycles. The summed E-state index contributed by atoms with van der Waals surface area (Å²) in [6.07, 6.45) is 4.34. The van der Waals surface area contributed by atoms with E-state index < -0.39 is 29.6 Å². The van der Waals surface area contributed by atoms with Gasteiger partial charge in [-0.3, -0.25) is 20.4 Å². The van der Waals surface area contributed by atoms with Crippen LogP contribution >= 0.6 is 0 Å². The molecule has 0 spiro atoms. The molecular formula is C16H15N2O4-. The minimum absolute atomic E-state index is 0.110. The maximum Gasteiger partial charge on any atom is 0.269 e. The highest BCUT2D eigenvalue weighted by Crippen LogP contribution is 2.47. The van der Waals surface area contributed by atoms with Crippen molar-refractivity contribution in [1.82, 2.24) is 10.9 Å². The third-order valence-electron chi connectivity index (χ3n) is 4.37. The number of benzene rings is 1. The second-order valence-corrected chi connectivity index (χ2v) is 5.63. The van der Waals surface area contributed by atoms with Gasteiger partial charge in [-0.05, 0) is 30.4 Å². The number of carbonyl (C=O) groups is 3. The summed E-state index contributed by atoms with van der Waals surface area (Å²) in [5.41, 5.74) is 5.06. The first-order valence-electron chi connectivity index (χ1n) is 7.12. The number of carboxylic acid groups (broad SMARTS) is 1. The maximum absolute atomic E-state index is 12.2. The molecule has 0 heterocycles. The quantitative estimate of drug-likeness (QED) is 0.588. The molecule has 2 aliphatic carbocycles. The lowest BCUT2D eigenvalue weighted by Gasteiger charge is -2.27. The van der Waals surface area contributed by atoms with Crippen LogP contribution in [0.1, 0.15) is 16.8 Å². The Bertz CT molecular complexity index is 641. The number of hydrogen-bond donors (Lipinski definition) is 2. The summed E-state index contributed by atoms with van der Waals surface area (Å²) in [5.74, 6) is -3.95. The number of hydrazine groups is 1. The van der Waals surface area contributed by atoms with Crippen molar-refractivity contribution in [3.8, 4) is 0 Å². The number of hydrogen-bond acceptors (Lipinski definition) is 4. The fourth-order valence-corrected chi connectivity index (χ4v) is 3.36. The minimum atomic E-state index is -1.22. The van der Waals surface area contributed by atoms with Crippen LogP contribution in [0.15, 0.2) is 42.5 Å². The summed E-state index contributed by atoms with van der Waals surface area (Å²) in [6, 6.07) is 8.44. The van der Waals surface area contributed by atoms with Gasteiger partial charge in [0.15, 0.2) is 0 Å². The molecule has 1 fully saturated rings. The second kappa shape index (κ2) is 5.63. The van der Waals surface area contributed by atoms with Crippen LogP contribution in [0.25, 0.3) is 0 Å². The van der Waals surface area contributed by atoms with Gasteiger partial charge >= 0.3 is 0 Å². The van der Waals surface area contributed by atoms with Crippen molar-refractivity contribution in [2.24, 2.45) is 23.7 Å². The number of carbonyl (C=O) groups excluding carboxylic acids is 3. The molecule has 114 valence electrons. The predicted octanol–water partition coefficient (Wildman–Crippen LogP) is -0.364. The van der Waals surface area contributed by atoms with Crippen molar-refractivity contribution in [1.29, 1.82) is 0 Å². The third-order valence-corrected chi connectivity index (χ3v) is 4.37. The normalized spacial score (nSPS) is 28.4. The van der Waals surface area contributed by atoms with Gasteiger partial charge in [-0.15, -0.1) is 0 Å². The highest BCUT2D eigenvalue weighted by molar-refractivity contribution is 5.96. The summed E-state index contributed by atoms with van der Waals surface area (Å²) >= 11 is 0. The van der Waals surface area contributed by atoms with Crippen LogP contribution in [0.5, 0.6) is 0 Å². The molecule has 2 aliphatic rings. The van der Waals surface area contributed by atoms with Gasteiger partial charge in [0.1, 0.15) is 0 Å². The van der Waals surface area contributed by atoms with Crippen molar-refractivity contribution in [3.63, 3.8) is 0 Å². The standard InChI is InChI=1S/C16H16N2O4/c19-14(9-4-2-1-3-5-9)17-18-15(20)12-10-6-7-11(8-10)13(12)16(21)22/h1-7,10-13H,8H2,(H,17,19)(H,18,20)(H,21,22)/p-1/t10-,11-,12-,13-/m0/s1. The summed E-state index contributed by atoms with van der Waals surface area (Å²) in [4.78, 5) is 35.4. The van der Waals surface area contributed by atoms with Crippen LogP contribution in [-0.2, 0) is 9.59 Å². The first-order valence-corrected chi connectivity index (χ1v) is 7.12. The second-order valence-electron chi connectivity index (χ2n) is 5.63. The largest absolute Gasteiger partial charge is 0.550 e. The van der Waals surface area contributed by atoms with Gasteiger partial charge in [-0.1, -0.05) is 30.4 Å². The summed E-state index contributed by atoms with van der Waals surface area (Å²) in [6.45, 7) is 0.